The van der Waals surface area contributed by atoms with Crippen LogP contribution >= 0.6 is 0 Å². The van der Waals surface area contributed by atoms with Gasteiger partial charge in [0.25, 0.3) is 0 Å². The van der Waals surface area contributed by atoms with Gasteiger partial charge in [-0.25, -0.2) is 0 Å². The van der Waals surface area contributed by atoms with E-state index in [0.717, 1.165) is 28.9 Å². The standard InChI is InChI=1S/C25H35F3/c1-3-4-19-5-9-22(10-6-19)23-11-7-20(8-12-23)17-18(2)21-13-15-24(16-14-21)25(26,27)28/h13-17,19-20,22-23H,3-12H2,1-2H3. The summed E-state index contributed by atoms with van der Waals surface area (Å²) in [4.78, 5) is 0. The molecule has 0 saturated heterocycles. The van der Waals surface area contributed by atoms with E-state index in [4.69, 9.17) is 0 Å². The lowest BCUT2D eigenvalue weighted by Gasteiger charge is -2.37. The maximum Gasteiger partial charge on any atom is 0.416 e. The third-order valence-corrected chi connectivity index (χ3v) is 7.22. The van der Waals surface area contributed by atoms with Crippen LogP contribution in [0, 0.1) is 23.7 Å². The van der Waals surface area contributed by atoms with Crippen LogP contribution in [0.3, 0.4) is 0 Å². The molecule has 0 aliphatic heterocycles. The van der Waals surface area contributed by atoms with Gasteiger partial charge in [0, 0.05) is 0 Å². The van der Waals surface area contributed by atoms with Crippen molar-refractivity contribution in [1.29, 1.82) is 0 Å². The van der Waals surface area contributed by atoms with E-state index in [-0.39, 0.29) is 0 Å². The number of rotatable bonds is 5. The highest BCUT2D eigenvalue weighted by Gasteiger charge is 2.31. The third kappa shape index (κ3) is 5.64. The lowest BCUT2D eigenvalue weighted by atomic mass is 9.68. The second-order valence-corrected chi connectivity index (χ2v) is 9.17. The molecule has 0 heterocycles. The molecular weight excluding hydrogens is 357 g/mol. The van der Waals surface area contributed by atoms with Crippen molar-refractivity contribution < 1.29 is 13.2 Å². The highest BCUT2D eigenvalue weighted by atomic mass is 19.4. The molecule has 0 nitrogen and oxygen atoms in total. The Kier molecular flexibility index (Phi) is 7.28. The molecule has 156 valence electrons. The van der Waals surface area contributed by atoms with E-state index in [1.807, 2.05) is 6.92 Å². The molecule has 0 radical (unpaired) electrons. The number of alkyl halides is 3. The summed E-state index contributed by atoms with van der Waals surface area (Å²) in [5.74, 6) is 3.40. The second-order valence-electron chi connectivity index (χ2n) is 9.17. The highest BCUT2D eigenvalue weighted by Crippen LogP contribution is 2.43. The van der Waals surface area contributed by atoms with Gasteiger partial charge in [-0.15, -0.1) is 0 Å². The SMILES string of the molecule is CCCC1CCC(C2CCC(C=C(C)c3ccc(C(F)(F)F)cc3)CC2)CC1. The van der Waals surface area contributed by atoms with Crippen molar-refractivity contribution in [3.8, 4) is 0 Å². The van der Waals surface area contributed by atoms with Crippen LogP contribution in [0.5, 0.6) is 0 Å². The molecular formula is C25H35F3. The first-order valence-electron chi connectivity index (χ1n) is 11.2. The average Bonchev–Trinajstić information content (AvgIpc) is 2.69. The smallest absolute Gasteiger partial charge is 0.166 e. The van der Waals surface area contributed by atoms with E-state index < -0.39 is 11.7 Å². The highest BCUT2D eigenvalue weighted by molar-refractivity contribution is 5.64. The first-order valence-corrected chi connectivity index (χ1v) is 11.2. The number of allylic oxidation sites excluding steroid dienone is 2. The van der Waals surface area contributed by atoms with E-state index in [2.05, 4.69) is 13.0 Å². The lowest BCUT2D eigenvalue weighted by Crippen LogP contribution is -2.25. The molecule has 1 aromatic rings. The molecule has 1 aromatic carbocycles. The molecule has 2 aliphatic rings. The van der Waals surface area contributed by atoms with Gasteiger partial charge < -0.3 is 0 Å². The molecule has 2 aliphatic carbocycles. The zero-order valence-corrected chi connectivity index (χ0v) is 17.4. The van der Waals surface area contributed by atoms with Crippen molar-refractivity contribution in [2.45, 2.75) is 84.2 Å². The Balaban J connectivity index is 1.49. The Morgan fingerprint density at radius 3 is 1.93 bits per heavy atom. The molecule has 0 spiro atoms. The molecule has 0 N–H and O–H groups in total. The van der Waals surface area contributed by atoms with Gasteiger partial charge in [-0.3, -0.25) is 0 Å². The van der Waals surface area contributed by atoms with Crippen molar-refractivity contribution in [1.82, 2.24) is 0 Å². The monoisotopic (exact) mass is 392 g/mol. The van der Waals surface area contributed by atoms with Gasteiger partial charge in [-0.2, -0.15) is 13.2 Å². The Hall–Kier alpha value is -1.25. The first kappa shape index (κ1) is 21.5. The van der Waals surface area contributed by atoms with Crippen LogP contribution < -0.4 is 0 Å². The Labute approximate surface area is 168 Å². The van der Waals surface area contributed by atoms with Gasteiger partial charge in [0.1, 0.15) is 0 Å². The Bertz CT molecular complexity index is 625. The summed E-state index contributed by atoms with van der Waals surface area (Å²) >= 11 is 0. The number of hydrogen-bond donors (Lipinski definition) is 0. The maximum atomic E-state index is 12.7. The quantitative estimate of drug-likeness (QED) is 0.471. The molecule has 0 unspecified atom stereocenters. The summed E-state index contributed by atoms with van der Waals surface area (Å²) < 4.78 is 38.2. The van der Waals surface area contributed by atoms with E-state index in [9.17, 15) is 13.2 Å². The minimum absolute atomic E-state index is 0.571. The molecule has 2 saturated carbocycles. The number of benzene rings is 1. The zero-order chi connectivity index (χ0) is 20.1. The Morgan fingerprint density at radius 1 is 0.893 bits per heavy atom. The molecule has 2 fully saturated rings. The largest absolute Gasteiger partial charge is 0.416 e. The van der Waals surface area contributed by atoms with Crippen molar-refractivity contribution in [2.75, 3.05) is 0 Å². The summed E-state index contributed by atoms with van der Waals surface area (Å²) in [6.45, 7) is 4.33. The minimum atomic E-state index is -4.26. The average molecular weight is 393 g/mol. The molecule has 28 heavy (non-hydrogen) atoms. The predicted molar refractivity (Wildman–Crippen MR) is 111 cm³/mol. The molecule has 0 bridgehead atoms. The first-order chi connectivity index (χ1) is 13.4. The summed E-state index contributed by atoms with van der Waals surface area (Å²) in [6.07, 6.45) is 11.6. The fraction of sp³-hybridized carbons (Fsp3) is 0.680. The van der Waals surface area contributed by atoms with Crippen molar-refractivity contribution in [2.24, 2.45) is 23.7 Å². The van der Waals surface area contributed by atoms with Crippen LogP contribution in [-0.2, 0) is 6.18 Å². The molecule has 0 atom stereocenters. The van der Waals surface area contributed by atoms with E-state index in [1.54, 1.807) is 12.1 Å². The third-order valence-electron chi connectivity index (χ3n) is 7.22. The molecule has 0 amide bonds. The van der Waals surface area contributed by atoms with Crippen LogP contribution in [0.25, 0.3) is 5.57 Å². The van der Waals surface area contributed by atoms with Gasteiger partial charge in [-0.1, -0.05) is 50.8 Å². The molecule has 3 heteroatoms. The van der Waals surface area contributed by atoms with Gasteiger partial charge in [0.2, 0.25) is 0 Å². The molecule has 0 aromatic heterocycles. The number of hydrogen-bond acceptors (Lipinski definition) is 0. The summed E-state index contributed by atoms with van der Waals surface area (Å²) in [5, 5.41) is 0. The fourth-order valence-electron chi connectivity index (χ4n) is 5.51. The molecule has 3 rings (SSSR count). The van der Waals surface area contributed by atoms with Crippen LogP contribution in [0.4, 0.5) is 13.2 Å². The lowest BCUT2D eigenvalue weighted by molar-refractivity contribution is -0.137. The van der Waals surface area contributed by atoms with Crippen molar-refractivity contribution >= 4 is 5.57 Å². The summed E-state index contributed by atoms with van der Waals surface area (Å²) in [7, 11) is 0. The van der Waals surface area contributed by atoms with Gasteiger partial charge in [-0.05, 0) is 92.4 Å². The van der Waals surface area contributed by atoms with Crippen molar-refractivity contribution in [3.63, 3.8) is 0 Å². The van der Waals surface area contributed by atoms with Crippen molar-refractivity contribution in [3.05, 3.63) is 41.5 Å². The van der Waals surface area contributed by atoms with E-state index in [0.29, 0.717) is 5.92 Å². The zero-order valence-electron chi connectivity index (χ0n) is 17.4. The summed E-state index contributed by atoms with van der Waals surface area (Å²) in [6, 6.07) is 5.60. The van der Waals surface area contributed by atoms with E-state index >= 15 is 0 Å². The van der Waals surface area contributed by atoms with Crippen LogP contribution in [0.1, 0.15) is 89.2 Å². The number of halogens is 3. The van der Waals surface area contributed by atoms with Gasteiger partial charge in [0.05, 0.1) is 5.56 Å². The van der Waals surface area contributed by atoms with E-state index in [1.165, 1.54) is 76.3 Å². The van der Waals surface area contributed by atoms with Crippen LogP contribution in [0.2, 0.25) is 0 Å². The second kappa shape index (κ2) is 9.50. The predicted octanol–water partition coefficient (Wildman–Crippen LogP) is 8.52. The Morgan fingerprint density at radius 2 is 1.43 bits per heavy atom. The minimum Gasteiger partial charge on any atom is -0.166 e. The van der Waals surface area contributed by atoms with Gasteiger partial charge >= 0.3 is 6.18 Å². The summed E-state index contributed by atoms with van der Waals surface area (Å²) in [5.41, 5.74) is 1.44. The fourth-order valence-corrected chi connectivity index (χ4v) is 5.51. The topological polar surface area (TPSA) is 0 Å². The maximum absolute atomic E-state index is 12.7. The van der Waals surface area contributed by atoms with Crippen LogP contribution in [0.15, 0.2) is 30.3 Å². The normalized spacial score (nSPS) is 29.7. The van der Waals surface area contributed by atoms with Gasteiger partial charge in [0.15, 0.2) is 0 Å². The van der Waals surface area contributed by atoms with Crippen LogP contribution in [-0.4, -0.2) is 0 Å².